The third-order valence-electron chi connectivity index (χ3n) is 4.22. The molecule has 2 aromatic rings. The number of hydrogen-bond donors (Lipinski definition) is 0. The van der Waals surface area contributed by atoms with Gasteiger partial charge in [0, 0.05) is 51.4 Å². The first-order valence-corrected chi connectivity index (χ1v) is 10.0. The highest BCUT2D eigenvalue weighted by Crippen LogP contribution is 2.28. The molecule has 1 heterocycles. The first-order chi connectivity index (χ1) is 11.2. The second kappa shape index (κ2) is 8.45. The molecule has 1 aromatic carbocycles. The zero-order chi connectivity index (χ0) is 16.7. The molecule has 0 fully saturated rings. The number of unbranched alkanes of at least 4 members (excludes halogenated alkanes) is 1. The van der Waals surface area contributed by atoms with E-state index in [0.717, 1.165) is 6.54 Å². The lowest BCUT2D eigenvalue weighted by atomic mass is 10.1. The van der Waals surface area contributed by atoms with Crippen LogP contribution in [0.2, 0.25) is 0 Å². The van der Waals surface area contributed by atoms with Crippen molar-refractivity contribution in [2.45, 2.75) is 32.4 Å². The third kappa shape index (κ3) is 4.12. The molecule has 1 aromatic heterocycles. The average molecular weight is 334 g/mol. The highest BCUT2D eigenvalue weighted by molar-refractivity contribution is 6.60. The van der Waals surface area contributed by atoms with Crippen LogP contribution in [0.4, 0.5) is 0 Å². The monoisotopic (exact) mass is 333 g/mol. The predicted molar refractivity (Wildman–Crippen MR) is 95.3 cm³/mol. The van der Waals surface area contributed by atoms with Crippen molar-refractivity contribution in [3.8, 4) is 11.3 Å². The summed E-state index contributed by atoms with van der Waals surface area (Å²) in [6.45, 7) is 3.25. The standard InChI is InChI=1S/C18H27NO3Si/c1-5-6-13-19-14-9-12-18(19)17-11-8-7-10-16(17)15-23(20-2,21-3)22-4/h7-12,14H,5-6,13,15H2,1-4H3. The van der Waals surface area contributed by atoms with Gasteiger partial charge in [-0.2, -0.15) is 0 Å². The van der Waals surface area contributed by atoms with Gasteiger partial charge >= 0.3 is 8.80 Å². The Bertz CT molecular complexity index is 600. The predicted octanol–water partition coefficient (Wildman–Crippen LogP) is 3.92. The molecule has 5 heteroatoms. The van der Waals surface area contributed by atoms with Crippen LogP contribution in [0.5, 0.6) is 0 Å². The summed E-state index contributed by atoms with van der Waals surface area (Å²) < 4.78 is 19.1. The highest BCUT2D eigenvalue weighted by atomic mass is 28.4. The zero-order valence-electron chi connectivity index (χ0n) is 14.5. The molecule has 2 rings (SSSR count). The van der Waals surface area contributed by atoms with Crippen LogP contribution in [0.3, 0.4) is 0 Å². The van der Waals surface area contributed by atoms with Gasteiger partial charge in [-0.25, -0.2) is 0 Å². The van der Waals surface area contributed by atoms with Gasteiger partial charge in [-0.05, 0) is 24.1 Å². The molecule has 4 nitrogen and oxygen atoms in total. The summed E-state index contributed by atoms with van der Waals surface area (Å²) in [6.07, 6.45) is 4.51. The van der Waals surface area contributed by atoms with Crippen molar-refractivity contribution >= 4 is 8.80 Å². The second-order valence-electron chi connectivity index (χ2n) is 5.57. The Labute approximate surface area is 140 Å². The maximum Gasteiger partial charge on any atom is 0.504 e. The number of aryl methyl sites for hydroxylation is 1. The quantitative estimate of drug-likeness (QED) is 0.652. The lowest BCUT2D eigenvalue weighted by molar-refractivity contribution is 0.123. The fraction of sp³-hybridized carbons (Fsp3) is 0.444. The molecule has 0 amide bonds. The van der Waals surface area contributed by atoms with E-state index in [2.05, 4.69) is 54.1 Å². The van der Waals surface area contributed by atoms with Gasteiger partial charge in [-0.15, -0.1) is 0 Å². The van der Waals surface area contributed by atoms with E-state index in [4.69, 9.17) is 13.3 Å². The second-order valence-corrected chi connectivity index (χ2v) is 8.51. The Kier molecular flexibility index (Phi) is 6.59. The van der Waals surface area contributed by atoms with Crippen LogP contribution in [-0.2, 0) is 25.9 Å². The van der Waals surface area contributed by atoms with Crippen LogP contribution < -0.4 is 0 Å². The SMILES string of the molecule is CCCCn1cccc1-c1ccccc1C[Si](OC)(OC)OC. The largest absolute Gasteiger partial charge is 0.504 e. The molecule has 0 spiro atoms. The Morgan fingerprint density at radius 3 is 2.30 bits per heavy atom. The van der Waals surface area contributed by atoms with E-state index in [-0.39, 0.29) is 0 Å². The zero-order valence-corrected chi connectivity index (χ0v) is 15.5. The number of rotatable bonds is 9. The Morgan fingerprint density at radius 2 is 1.65 bits per heavy atom. The van der Waals surface area contributed by atoms with Crippen LogP contribution in [-0.4, -0.2) is 34.7 Å². The van der Waals surface area contributed by atoms with Crippen molar-refractivity contribution < 1.29 is 13.3 Å². The normalized spacial score (nSPS) is 11.8. The summed E-state index contributed by atoms with van der Waals surface area (Å²) in [7, 11) is 2.32. The van der Waals surface area contributed by atoms with Crippen LogP contribution in [0.1, 0.15) is 25.3 Å². The first-order valence-electron chi connectivity index (χ1n) is 8.08. The molecule has 23 heavy (non-hydrogen) atoms. The number of nitrogens with zero attached hydrogens (tertiary/aromatic N) is 1. The van der Waals surface area contributed by atoms with Crippen molar-refractivity contribution in [1.82, 2.24) is 4.57 Å². The highest BCUT2D eigenvalue weighted by Gasteiger charge is 2.38. The lowest BCUT2D eigenvalue weighted by Gasteiger charge is -2.25. The summed E-state index contributed by atoms with van der Waals surface area (Å²) in [5.41, 5.74) is 3.65. The van der Waals surface area contributed by atoms with Crippen LogP contribution in [0.15, 0.2) is 42.6 Å². The Balaban J connectivity index is 2.36. The maximum absolute atomic E-state index is 5.60. The summed E-state index contributed by atoms with van der Waals surface area (Å²) in [6, 6.07) is 13.4. The van der Waals surface area contributed by atoms with E-state index in [1.807, 2.05) is 0 Å². The Hall–Kier alpha value is -1.40. The molecule has 126 valence electrons. The van der Waals surface area contributed by atoms with E-state index in [1.165, 1.54) is 29.7 Å². The van der Waals surface area contributed by atoms with E-state index in [0.29, 0.717) is 6.04 Å². The van der Waals surface area contributed by atoms with E-state index >= 15 is 0 Å². The molecule has 0 bridgehead atoms. The lowest BCUT2D eigenvalue weighted by Crippen LogP contribution is -2.45. The summed E-state index contributed by atoms with van der Waals surface area (Å²) in [4.78, 5) is 0. The van der Waals surface area contributed by atoms with Gasteiger partial charge in [0.15, 0.2) is 0 Å². The summed E-state index contributed by atoms with van der Waals surface area (Å²) >= 11 is 0. The fourth-order valence-electron chi connectivity index (χ4n) is 2.81. The average Bonchev–Trinajstić information content (AvgIpc) is 3.06. The molecular weight excluding hydrogens is 306 g/mol. The summed E-state index contributed by atoms with van der Waals surface area (Å²) in [5.74, 6) is 0. The van der Waals surface area contributed by atoms with Crippen molar-refractivity contribution in [1.29, 1.82) is 0 Å². The van der Waals surface area contributed by atoms with Gasteiger partial charge in [0.1, 0.15) is 0 Å². The molecule has 0 aliphatic heterocycles. The minimum absolute atomic E-state index is 0.658. The van der Waals surface area contributed by atoms with Gasteiger partial charge < -0.3 is 17.8 Å². The van der Waals surface area contributed by atoms with Crippen molar-refractivity contribution in [2.24, 2.45) is 0 Å². The minimum atomic E-state index is -2.65. The fourth-order valence-corrected chi connectivity index (χ4v) is 4.51. The number of aromatic nitrogens is 1. The van der Waals surface area contributed by atoms with Crippen molar-refractivity contribution in [3.05, 3.63) is 48.2 Å². The van der Waals surface area contributed by atoms with E-state index < -0.39 is 8.80 Å². The van der Waals surface area contributed by atoms with Gasteiger partial charge in [-0.3, -0.25) is 0 Å². The van der Waals surface area contributed by atoms with Gasteiger partial charge in [0.2, 0.25) is 0 Å². The minimum Gasteiger partial charge on any atom is -0.377 e. The van der Waals surface area contributed by atoms with Crippen LogP contribution in [0.25, 0.3) is 11.3 Å². The molecule has 0 saturated carbocycles. The van der Waals surface area contributed by atoms with Gasteiger partial charge in [0.05, 0.1) is 0 Å². The van der Waals surface area contributed by atoms with Gasteiger partial charge in [0.25, 0.3) is 0 Å². The molecule has 0 aliphatic carbocycles. The molecule has 0 aliphatic rings. The van der Waals surface area contributed by atoms with Crippen molar-refractivity contribution in [3.63, 3.8) is 0 Å². The smallest absolute Gasteiger partial charge is 0.377 e. The molecule has 0 saturated heterocycles. The molecule has 0 unspecified atom stereocenters. The van der Waals surface area contributed by atoms with Gasteiger partial charge in [-0.1, -0.05) is 37.6 Å². The van der Waals surface area contributed by atoms with Crippen LogP contribution in [0, 0.1) is 0 Å². The topological polar surface area (TPSA) is 32.6 Å². The number of hydrogen-bond acceptors (Lipinski definition) is 3. The third-order valence-corrected chi connectivity index (χ3v) is 6.90. The van der Waals surface area contributed by atoms with E-state index in [9.17, 15) is 0 Å². The molecular formula is C18H27NO3Si. The molecule has 0 atom stereocenters. The summed E-state index contributed by atoms with van der Waals surface area (Å²) in [5, 5.41) is 0. The molecule has 0 radical (unpaired) electrons. The molecule has 0 N–H and O–H groups in total. The van der Waals surface area contributed by atoms with E-state index in [1.54, 1.807) is 21.3 Å². The first kappa shape index (κ1) is 17.9. The Morgan fingerprint density at radius 1 is 0.957 bits per heavy atom. The number of benzene rings is 1. The van der Waals surface area contributed by atoms with Crippen LogP contribution >= 0.6 is 0 Å². The van der Waals surface area contributed by atoms with Crippen molar-refractivity contribution in [2.75, 3.05) is 21.3 Å². The maximum atomic E-state index is 5.60.